The lowest BCUT2D eigenvalue weighted by Crippen LogP contribution is -2.11. The van der Waals surface area contributed by atoms with Crippen LogP contribution < -0.4 is 0 Å². The Morgan fingerprint density at radius 1 is 1.47 bits per heavy atom. The number of hydrogen-bond donors (Lipinski definition) is 1. The molecule has 0 saturated heterocycles. The van der Waals surface area contributed by atoms with E-state index in [1.165, 1.54) is 6.33 Å². The number of halogens is 1. The van der Waals surface area contributed by atoms with Gasteiger partial charge in [0, 0.05) is 17.3 Å². The maximum atomic E-state index is 10.1. The lowest BCUT2D eigenvalue weighted by molar-refractivity contribution is 0.177. The van der Waals surface area contributed by atoms with Gasteiger partial charge in [-0.25, -0.2) is 9.67 Å². The highest BCUT2D eigenvalue weighted by Crippen LogP contribution is 2.29. The summed E-state index contributed by atoms with van der Waals surface area (Å²) in [6.07, 6.45) is 1.50. The van der Waals surface area contributed by atoms with Gasteiger partial charge >= 0.3 is 0 Å². The first-order valence-corrected chi connectivity index (χ1v) is 7.00. The third kappa shape index (κ3) is 2.94. The average Bonchev–Trinajstić information content (AvgIpc) is 2.86. The molecule has 0 amide bonds. The van der Waals surface area contributed by atoms with Crippen LogP contribution in [-0.4, -0.2) is 19.9 Å². The summed E-state index contributed by atoms with van der Waals surface area (Å²) in [5.74, 6) is 0.817. The molecule has 0 aliphatic heterocycles. The summed E-state index contributed by atoms with van der Waals surface area (Å²) in [4.78, 5) is 5.13. The average molecular weight is 316 g/mol. The Morgan fingerprint density at radius 2 is 2.24 bits per heavy atom. The zero-order valence-corrected chi connectivity index (χ0v) is 12.1. The van der Waals surface area contributed by atoms with Crippen LogP contribution in [0.3, 0.4) is 0 Å². The molecule has 1 N–H and O–H groups in total. The molecule has 1 unspecified atom stereocenters. The number of thiophene rings is 1. The highest BCUT2D eigenvalue weighted by atomic mass is 79.9. The minimum atomic E-state index is -0.520. The van der Waals surface area contributed by atoms with Crippen LogP contribution in [0.5, 0.6) is 0 Å². The van der Waals surface area contributed by atoms with Crippen LogP contribution in [0.2, 0.25) is 0 Å². The van der Waals surface area contributed by atoms with E-state index in [1.54, 1.807) is 11.3 Å². The van der Waals surface area contributed by atoms with Gasteiger partial charge in [-0.1, -0.05) is 0 Å². The molecule has 2 rings (SSSR count). The third-order valence-corrected chi connectivity index (χ3v) is 4.16. The van der Waals surface area contributed by atoms with Crippen molar-refractivity contribution in [2.75, 3.05) is 0 Å². The molecule has 1 atom stereocenters. The van der Waals surface area contributed by atoms with Gasteiger partial charge in [-0.05, 0) is 41.9 Å². The number of aliphatic hydroxyl groups excluding tert-OH is 1. The van der Waals surface area contributed by atoms with E-state index >= 15 is 0 Å². The topological polar surface area (TPSA) is 50.9 Å². The lowest BCUT2D eigenvalue weighted by Gasteiger charge is -2.12. The molecule has 0 aromatic carbocycles. The molecule has 2 aromatic heterocycles. The zero-order chi connectivity index (χ0) is 12.4. The fourth-order valence-corrected chi connectivity index (χ4v) is 3.04. The summed E-state index contributed by atoms with van der Waals surface area (Å²) in [6, 6.07) is 4.13. The summed E-state index contributed by atoms with van der Waals surface area (Å²) in [5, 5.41) is 14.3. The molecule has 2 heterocycles. The van der Waals surface area contributed by atoms with E-state index in [0.29, 0.717) is 6.42 Å². The second-order valence-corrected chi connectivity index (χ2v) is 6.57. The molecule has 4 nitrogen and oxygen atoms in total. The Bertz CT molecular complexity index is 494. The molecule has 0 aliphatic carbocycles. The summed E-state index contributed by atoms with van der Waals surface area (Å²) in [5.41, 5.74) is 0. The molecule has 2 aromatic rings. The van der Waals surface area contributed by atoms with Crippen molar-refractivity contribution in [3.05, 3.63) is 32.9 Å². The van der Waals surface area contributed by atoms with Gasteiger partial charge in [-0.15, -0.1) is 11.3 Å². The van der Waals surface area contributed by atoms with Crippen LogP contribution in [0.15, 0.2) is 22.2 Å². The van der Waals surface area contributed by atoms with Crippen LogP contribution in [0.1, 0.15) is 36.7 Å². The van der Waals surface area contributed by atoms with Gasteiger partial charge in [0.2, 0.25) is 0 Å². The van der Waals surface area contributed by atoms with E-state index in [4.69, 9.17) is 0 Å². The highest BCUT2D eigenvalue weighted by molar-refractivity contribution is 9.11. The van der Waals surface area contributed by atoms with Crippen molar-refractivity contribution >= 4 is 27.3 Å². The van der Waals surface area contributed by atoms with Crippen LogP contribution in [0.4, 0.5) is 0 Å². The van der Waals surface area contributed by atoms with Crippen molar-refractivity contribution in [1.29, 1.82) is 0 Å². The molecule has 6 heteroatoms. The van der Waals surface area contributed by atoms with E-state index in [9.17, 15) is 5.11 Å². The van der Waals surface area contributed by atoms with E-state index in [-0.39, 0.29) is 6.04 Å². The number of aromatic nitrogens is 3. The van der Waals surface area contributed by atoms with Crippen LogP contribution in [0.25, 0.3) is 0 Å². The molecule has 0 fully saturated rings. The molecule has 92 valence electrons. The van der Waals surface area contributed by atoms with Gasteiger partial charge in [-0.2, -0.15) is 5.10 Å². The minimum Gasteiger partial charge on any atom is -0.387 e. The fourth-order valence-electron chi connectivity index (χ4n) is 1.63. The maximum absolute atomic E-state index is 10.1. The number of nitrogens with zero attached hydrogens (tertiary/aromatic N) is 3. The van der Waals surface area contributed by atoms with E-state index in [1.807, 2.05) is 30.7 Å². The first-order valence-electron chi connectivity index (χ1n) is 5.39. The Morgan fingerprint density at radius 3 is 2.82 bits per heavy atom. The third-order valence-electron chi connectivity index (χ3n) is 2.43. The monoisotopic (exact) mass is 315 g/mol. The Hall–Kier alpha value is -0.720. The minimum absolute atomic E-state index is 0.259. The van der Waals surface area contributed by atoms with Gasteiger partial charge < -0.3 is 5.11 Å². The smallest absolute Gasteiger partial charge is 0.138 e. The standard InChI is InChI=1S/C11H14BrN3OS/c1-7(2)15-11(13-6-14-15)5-8(16)9-3-4-10(12)17-9/h3-4,6-8,16H,5H2,1-2H3. The second kappa shape index (κ2) is 5.29. The lowest BCUT2D eigenvalue weighted by atomic mass is 10.2. The van der Waals surface area contributed by atoms with Crippen molar-refractivity contribution in [3.63, 3.8) is 0 Å². The Labute approximate surface area is 112 Å². The zero-order valence-electron chi connectivity index (χ0n) is 9.67. The normalized spacial score (nSPS) is 13.2. The van der Waals surface area contributed by atoms with Crippen molar-refractivity contribution in [3.8, 4) is 0 Å². The fraction of sp³-hybridized carbons (Fsp3) is 0.455. The second-order valence-electron chi connectivity index (χ2n) is 4.08. The summed E-state index contributed by atoms with van der Waals surface area (Å²) in [7, 11) is 0. The Kier molecular flexibility index (Phi) is 3.96. The molecule has 0 radical (unpaired) electrons. The first-order chi connectivity index (χ1) is 8.08. The number of aliphatic hydroxyl groups is 1. The molecule has 0 bridgehead atoms. The maximum Gasteiger partial charge on any atom is 0.138 e. The highest BCUT2D eigenvalue weighted by Gasteiger charge is 2.16. The van der Waals surface area contributed by atoms with Gasteiger partial charge in [0.1, 0.15) is 12.2 Å². The first kappa shape index (κ1) is 12.7. The molecule has 0 spiro atoms. The van der Waals surface area contributed by atoms with Crippen LogP contribution in [-0.2, 0) is 6.42 Å². The molecule has 0 saturated carbocycles. The van der Waals surface area contributed by atoms with E-state index in [0.717, 1.165) is 14.5 Å². The van der Waals surface area contributed by atoms with Gasteiger partial charge in [0.15, 0.2) is 0 Å². The van der Waals surface area contributed by atoms with Crippen molar-refractivity contribution < 1.29 is 5.11 Å². The van der Waals surface area contributed by atoms with Crippen LogP contribution in [0, 0.1) is 0 Å². The SMILES string of the molecule is CC(C)n1ncnc1CC(O)c1ccc(Br)s1. The number of hydrogen-bond acceptors (Lipinski definition) is 4. The van der Waals surface area contributed by atoms with Crippen molar-refractivity contribution in [2.45, 2.75) is 32.4 Å². The predicted molar refractivity (Wildman–Crippen MR) is 71.1 cm³/mol. The molecule has 17 heavy (non-hydrogen) atoms. The summed E-state index contributed by atoms with van der Waals surface area (Å²) >= 11 is 4.93. The number of rotatable bonds is 4. The van der Waals surface area contributed by atoms with Gasteiger partial charge in [0.25, 0.3) is 0 Å². The Balaban J connectivity index is 2.13. The quantitative estimate of drug-likeness (QED) is 0.943. The van der Waals surface area contributed by atoms with E-state index < -0.39 is 6.10 Å². The van der Waals surface area contributed by atoms with Crippen molar-refractivity contribution in [2.24, 2.45) is 0 Å². The van der Waals surface area contributed by atoms with Crippen molar-refractivity contribution in [1.82, 2.24) is 14.8 Å². The van der Waals surface area contributed by atoms with Crippen LogP contribution >= 0.6 is 27.3 Å². The summed E-state index contributed by atoms with van der Waals surface area (Å²) in [6.45, 7) is 4.10. The molecular weight excluding hydrogens is 302 g/mol. The molecular formula is C11H14BrN3OS. The van der Waals surface area contributed by atoms with Gasteiger partial charge in [0.05, 0.1) is 9.89 Å². The van der Waals surface area contributed by atoms with Gasteiger partial charge in [-0.3, -0.25) is 0 Å². The summed E-state index contributed by atoms with van der Waals surface area (Å²) < 4.78 is 2.86. The predicted octanol–water partition coefficient (Wildman–Crippen LogP) is 2.96. The van der Waals surface area contributed by atoms with E-state index in [2.05, 4.69) is 26.0 Å². The largest absolute Gasteiger partial charge is 0.387 e. The molecule has 0 aliphatic rings.